The van der Waals surface area contributed by atoms with Crippen molar-refractivity contribution in [1.82, 2.24) is 4.98 Å². The average molecular weight is 353 g/mol. The van der Waals surface area contributed by atoms with Crippen LogP contribution < -0.4 is 4.74 Å². The van der Waals surface area contributed by atoms with Crippen LogP contribution in [0.15, 0.2) is 54.6 Å². The van der Waals surface area contributed by atoms with Gasteiger partial charge in [0.1, 0.15) is 16.4 Å². The van der Waals surface area contributed by atoms with Gasteiger partial charge in [0.05, 0.1) is 10.7 Å². The predicted octanol–water partition coefficient (Wildman–Crippen LogP) is 5.60. The minimum atomic E-state index is -0.951. The summed E-state index contributed by atoms with van der Waals surface area (Å²) in [5.41, 5.74) is 1.09. The number of rotatable bonds is 4. The van der Waals surface area contributed by atoms with Crippen molar-refractivity contribution in [2.75, 3.05) is 0 Å². The molecule has 0 aliphatic carbocycles. The number of carboxylic acids is 1. The molecule has 0 aliphatic heterocycles. The Hall–Kier alpha value is -2.66. The molecule has 0 unspecified atom stereocenters. The summed E-state index contributed by atoms with van der Waals surface area (Å²) in [6.45, 7) is 6.08. The number of thiazole rings is 1. The number of para-hydroxylation sites is 1. The molecule has 5 heteroatoms. The number of carbonyl (C=O) groups is 1. The molecular weight excluding hydrogens is 334 g/mol. The van der Waals surface area contributed by atoms with Crippen molar-refractivity contribution in [2.45, 2.75) is 26.2 Å². The third-order valence-corrected chi connectivity index (χ3v) is 5.04. The SMILES string of the molecule is CC(C)(C)c1nc(-c2ccc(Oc3ccccc3)cc2)c(C(=O)O)s1. The molecule has 4 nitrogen and oxygen atoms in total. The van der Waals surface area contributed by atoms with Gasteiger partial charge in [-0.15, -0.1) is 11.3 Å². The number of carboxylic acid groups (broad SMARTS) is 1. The van der Waals surface area contributed by atoms with E-state index in [0.29, 0.717) is 11.4 Å². The van der Waals surface area contributed by atoms with Crippen LogP contribution in [0.4, 0.5) is 0 Å². The van der Waals surface area contributed by atoms with Crippen molar-refractivity contribution in [2.24, 2.45) is 0 Å². The maximum absolute atomic E-state index is 11.6. The van der Waals surface area contributed by atoms with Crippen LogP contribution in [0.2, 0.25) is 0 Å². The Balaban J connectivity index is 1.92. The number of aromatic nitrogens is 1. The van der Waals surface area contributed by atoms with E-state index in [1.54, 1.807) is 0 Å². The summed E-state index contributed by atoms with van der Waals surface area (Å²) in [5.74, 6) is 0.496. The van der Waals surface area contributed by atoms with E-state index in [1.807, 2.05) is 75.4 Å². The lowest BCUT2D eigenvalue weighted by Gasteiger charge is -2.13. The molecule has 1 heterocycles. The highest BCUT2D eigenvalue weighted by molar-refractivity contribution is 7.14. The number of hydrogen-bond donors (Lipinski definition) is 1. The molecule has 0 aliphatic rings. The summed E-state index contributed by atoms with van der Waals surface area (Å²) in [4.78, 5) is 16.4. The molecule has 0 spiro atoms. The maximum Gasteiger partial charge on any atom is 0.348 e. The zero-order valence-corrected chi connectivity index (χ0v) is 15.1. The highest BCUT2D eigenvalue weighted by Crippen LogP contribution is 2.35. The fourth-order valence-corrected chi connectivity index (χ4v) is 3.27. The van der Waals surface area contributed by atoms with Gasteiger partial charge in [-0.05, 0) is 36.4 Å². The topological polar surface area (TPSA) is 59.4 Å². The van der Waals surface area contributed by atoms with E-state index in [0.717, 1.165) is 16.3 Å². The van der Waals surface area contributed by atoms with Crippen molar-refractivity contribution in [3.05, 3.63) is 64.5 Å². The molecule has 25 heavy (non-hydrogen) atoms. The van der Waals surface area contributed by atoms with Gasteiger partial charge in [0.25, 0.3) is 0 Å². The van der Waals surface area contributed by atoms with E-state index in [1.165, 1.54) is 11.3 Å². The average Bonchev–Trinajstić information content (AvgIpc) is 3.02. The first kappa shape index (κ1) is 17.2. The molecule has 3 aromatic rings. The molecule has 0 amide bonds. The zero-order valence-electron chi connectivity index (χ0n) is 14.3. The van der Waals surface area contributed by atoms with E-state index in [-0.39, 0.29) is 10.3 Å². The minimum Gasteiger partial charge on any atom is -0.477 e. The standard InChI is InChI=1S/C20H19NO3S/c1-20(2,3)19-21-16(17(25-19)18(22)23)13-9-11-15(12-10-13)24-14-7-5-4-6-8-14/h4-12H,1-3H3,(H,22,23). The molecule has 0 fully saturated rings. The molecular formula is C20H19NO3S. The Kier molecular flexibility index (Phi) is 4.59. The molecule has 128 valence electrons. The number of aromatic carboxylic acids is 1. The Morgan fingerprint density at radius 2 is 1.60 bits per heavy atom. The fourth-order valence-electron chi connectivity index (χ4n) is 2.29. The van der Waals surface area contributed by atoms with Crippen LogP contribution in [-0.2, 0) is 5.41 Å². The molecule has 1 N–H and O–H groups in total. The van der Waals surface area contributed by atoms with Crippen molar-refractivity contribution in [3.63, 3.8) is 0 Å². The Labute approximate surface area is 150 Å². The summed E-state index contributed by atoms with van der Waals surface area (Å²) < 4.78 is 5.77. The van der Waals surface area contributed by atoms with Crippen LogP contribution in [0.1, 0.15) is 35.5 Å². The monoisotopic (exact) mass is 353 g/mol. The largest absolute Gasteiger partial charge is 0.477 e. The van der Waals surface area contributed by atoms with Gasteiger partial charge in [0.2, 0.25) is 0 Å². The summed E-state index contributed by atoms with van der Waals surface area (Å²) in [7, 11) is 0. The molecule has 1 aromatic heterocycles. The van der Waals surface area contributed by atoms with Crippen molar-refractivity contribution in [1.29, 1.82) is 0 Å². The van der Waals surface area contributed by atoms with Gasteiger partial charge in [-0.2, -0.15) is 0 Å². The van der Waals surface area contributed by atoms with Crippen LogP contribution in [0, 0.1) is 0 Å². The van der Waals surface area contributed by atoms with Crippen molar-refractivity contribution in [3.8, 4) is 22.8 Å². The lowest BCUT2D eigenvalue weighted by molar-refractivity contribution is 0.0702. The summed E-state index contributed by atoms with van der Waals surface area (Å²) >= 11 is 1.23. The minimum absolute atomic E-state index is 0.191. The molecule has 2 aromatic carbocycles. The molecule has 0 radical (unpaired) electrons. The molecule has 3 rings (SSSR count). The van der Waals surface area contributed by atoms with Gasteiger partial charge >= 0.3 is 5.97 Å². The first-order valence-corrected chi connectivity index (χ1v) is 8.74. The van der Waals surface area contributed by atoms with Gasteiger partial charge in [-0.1, -0.05) is 39.0 Å². The van der Waals surface area contributed by atoms with Crippen LogP contribution in [-0.4, -0.2) is 16.1 Å². The second kappa shape index (κ2) is 6.69. The molecule has 0 saturated heterocycles. The van der Waals surface area contributed by atoms with Crippen LogP contribution in [0.25, 0.3) is 11.3 Å². The van der Waals surface area contributed by atoms with Crippen LogP contribution >= 0.6 is 11.3 Å². The molecule has 0 bridgehead atoms. The number of benzene rings is 2. The van der Waals surface area contributed by atoms with E-state index in [9.17, 15) is 9.90 Å². The van der Waals surface area contributed by atoms with E-state index in [4.69, 9.17) is 4.74 Å². The van der Waals surface area contributed by atoms with Crippen molar-refractivity contribution < 1.29 is 14.6 Å². The predicted molar refractivity (Wildman–Crippen MR) is 99.7 cm³/mol. The Morgan fingerprint density at radius 3 is 2.16 bits per heavy atom. The van der Waals surface area contributed by atoms with E-state index >= 15 is 0 Å². The third-order valence-electron chi connectivity index (χ3n) is 3.57. The lowest BCUT2D eigenvalue weighted by atomic mass is 9.98. The summed E-state index contributed by atoms with van der Waals surface area (Å²) in [6, 6.07) is 16.8. The maximum atomic E-state index is 11.6. The second-order valence-corrected chi connectivity index (χ2v) is 7.69. The van der Waals surface area contributed by atoms with Gasteiger partial charge in [-0.3, -0.25) is 0 Å². The number of ether oxygens (including phenoxy) is 1. The highest BCUT2D eigenvalue weighted by atomic mass is 32.1. The van der Waals surface area contributed by atoms with Crippen molar-refractivity contribution >= 4 is 17.3 Å². The smallest absolute Gasteiger partial charge is 0.348 e. The van der Waals surface area contributed by atoms with Gasteiger partial charge in [0, 0.05) is 11.0 Å². The number of nitrogens with zero attached hydrogens (tertiary/aromatic N) is 1. The molecule has 0 atom stereocenters. The number of hydrogen-bond acceptors (Lipinski definition) is 4. The molecule has 0 saturated carbocycles. The lowest BCUT2D eigenvalue weighted by Crippen LogP contribution is -2.10. The Bertz CT molecular complexity index is 878. The summed E-state index contributed by atoms with van der Waals surface area (Å²) in [5, 5.41) is 10.3. The van der Waals surface area contributed by atoms with E-state index in [2.05, 4.69) is 4.98 Å². The van der Waals surface area contributed by atoms with Crippen LogP contribution in [0.5, 0.6) is 11.5 Å². The first-order valence-electron chi connectivity index (χ1n) is 7.92. The third kappa shape index (κ3) is 3.88. The van der Waals surface area contributed by atoms with Gasteiger partial charge < -0.3 is 9.84 Å². The zero-order chi connectivity index (χ0) is 18.0. The van der Waals surface area contributed by atoms with Gasteiger partial charge in [-0.25, -0.2) is 9.78 Å². The highest BCUT2D eigenvalue weighted by Gasteiger charge is 2.25. The normalized spacial score (nSPS) is 11.3. The van der Waals surface area contributed by atoms with E-state index < -0.39 is 5.97 Å². The Morgan fingerprint density at radius 1 is 1.00 bits per heavy atom. The van der Waals surface area contributed by atoms with Gasteiger partial charge in [0.15, 0.2) is 0 Å². The second-order valence-electron chi connectivity index (χ2n) is 6.69. The first-order chi connectivity index (χ1) is 11.8. The quantitative estimate of drug-likeness (QED) is 0.663. The summed E-state index contributed by atoms with van der Waals surface area (Å²) in [6.07, 6.45) is 0. The van der Waals surface area contributed by atoms with Crippen LogP contribution in [0.3, 0.4) is 0 Å². The fraction of sp³-hybridized carbons (Fsp3) is 0.200.